The summed E-state index contributed by atoms with van der Waals surface area (Å²) in [7, 11) is 0.920. The lowest BCUT2D eigenvalue weighted by molar-refractivity contribution is 0.0516. The van der Waals surface area contributed by atoms with Crippen molar-refractivity contribution in [1.82, 2.24) is 9.80 Å². The van der Waals surface area contributed by atoms with Crippen LogP contribution in [0.1, 0.15) is 39.1 Å². The number of methoxy groups -OCH3 is 1. The third-order valence-electron chi connectivity index (χ3n) is 10.5. The van der Waals surface area contributed by atoms with Crippen LogP contribution in [0.4, 0.5) is 15.8 Å². The number of morpholine rings is 1. The molecule has 49 heavy (non-hydrogen) atoms. The van der Waals surface area contributed by atoms with Crippen molar-refractivity contribution in [1.29, 1.82) is 0 Å². The van der Waals surface area contributed by atoms with Crippen LogP contribution in [-0.4, -0.2) is 104 Å². The van der Waals surface area contributed by atoms with Crippen molar-refractivity contribution in [2.24, 2.45) is 0 Å². The van der Waals surface area contributed by atoms with Gasteiger partial charge in [0, 0.05) is 30.3 Å². The highest BCUT2D eigenvalue weighted by Crippen LogP contribution is 2.56. The van der Waals surface area contributed by atoms with Gasteiger partial charge in [-0.05, 0) is 37.1 Å². The molecule has 0 aliphatic carbocycles. The van der Waals surface area contributed by atoms with Crippen LogP contribution in [-0.2, 0) is 16.0 Å². The van der Waals surface area contributed by atoms with Gasteiger partial charge < -0.3 is 29.1 Å². The lowest BCUT2D eigenvalue weighted by atomic mass is 9.96. The number of anilines is 2. The maximum Gasteiger partial charge on any atom is 0.337 e. The molecule has 5 heterocycles. The standard InChI is InChI=1S/C35H36Cl2FN4O6P/c1-46-8-7-39-19-49-17-24(39)14-41(49)23-9-28(36)32(29(37)10-23)34(43)40-13-20-3-2-4-25(33(20)48-18-40)26-12-31(27(35(44)45)11-30(26)38)42-21-5-6-22(42)16-47-15-21/h2-4,9-12,21-22,24H,5-8,13-19H2,1H3,(H,44,45)/p+1. The summed E-state index contributed by atoms with van der Waals surface area (Å²) in [5.41, 5.74) is 2.98. The van der Waals surface area contributed by atoms with Crippen LogP contribution in [0.3, 0.4) is 0 Å². The summed E-state index contributed by atoms with van der Waals surface area (Å²) in [6.45, 7) is 3.67. The lowest BCUT2D eigenvalue weighted by Crippen LogP contribution is -2.46. The van der Waals surface area contributed by atoms with Crippen molar-refractivity contribution in [3.63, 3.8) is 0 Å². The van der Waals surface area contributed by atoms with Crippen LogP contribution in [0, 0.1) is 5.82 Å². The molecule has 0 spiro atoms. The normalized spacial score (nSPS) is 24.4. The Morgan fingerprint density at radius 3 is 2.49 bits per heavy atom. The number of carbonyl (C=O) groups is 2. The average Bonchev–Trinajstić information content (AvgIpc) is 3.76. The van der Waals surface area contributed by atoms with E-state index >= 15 is 4.39 Å². The summed E-state index contributed by atoms with van der Waals surface area (Å²) in [5.74, 6) is -1.75. The van der Waals surface area contributed by atoms with Crippen LogP contribution >= 0.6 is 31.3 Å². The Kier molecular flexibility index (Phi) is 8.87. The number of benzene rings is 3. The minimum absolute atomic E-state index is 0.0341. The molecule has 3 aromatic rings. The quantitative estimate of drug-likeness (QED) is 0.276. The van der Waals surface area contributed by atoms with Crippen molar-refractivity contribution in [2.75, 3.05) is 68.8 Å². The van der Waals surface area contributed by atoms with Gasteiger partial charge in [-0.15, -0.1) is 0 Å². The molecule has 4 unspecified atom stereocenters. The summed E-state index contributed by atoms with van der Waals surface area (Å²) in [6, 6.07) is 12.3. The van der Waals surface area contributed by atoms with Crippen molar-refractivity contribution >= 4 is 54.5 Å². The second kappa shape index (κ2) is 13.2. The van der Waals surface area contributed by atoms with Gasteiger partial charge in [0.25, 0.3) is 5.91 Å². The van der Waals surface area contributed by atoms with Gasteiger partial charge in [-0.25, -0.2) is 13.9 Å². The number of carboxylic acid groups (broad SMARTS) is 1. The Morgan fingerprint density at radius 1 is 1.06 bits per heavy atom. The van der Waals surface area contributed by atoms with Gasteiger partial charge in [0.2, 0.25) is 0 Å². The highest BCUT2D eigenvalue weighted by molar-refractivity contribution is 7.60. The van der Waals surface area contributed by atoms with Gasteiger partial charge in [-0.2, -0.15) is 0 Å². The molecule has 3 aromatic carbocycles. The zero-order chi connectivity index (χ0) is 34.0. The van der Waals surface area contributed by atoms with Crippen LogP contribution in [0.2, 0.25) is 10.0 Å². The molecule has 5 aliphatic rings. The minimum atomic E-state index is -1.18. The van der Waals surface area contributed by atoms with Gasteiger partial charge in [0.05, 0.1) is 89.7 Å². The molecule has 1 amide bonds. The second-order valence-corrected chi connectivity index (χ2v) is 16.5. The van der Waals surface area contributed by atoms with E-state index in [9.17, 15) is 14.7 Å². The molecule has 4 fully saturated rings. The number of halogens is 3. The number of hydrogen-bond donors (Lipinski definition) is 1. The van der Waals surface area contributed by atoms with E-state index in [1.165, 1.54) is 11.1 Å². The molecule has 0 aromatic heterocycles. The highest BCUT2D eigenvalue weighted by Gasteiger charge is 2.50. The van der Waals surface area contributed by atoms with E-state index < -0.39 is 19.9 Å². The molecule has 0 saturated carbocycles. The van der Waals surface area contributed by atoms with Gasteiger partial charge in [0.15, 0.2) is 6.73 Å². The first-order valence-corrected chi connectivity index (χ1v) is 19.1. The zero-order valence-corrected chi connectivity index (χ0v) is 29.5. The third kappa shape index (κ3) is 5.82. The molecule has 1 N–H and O–H groups in total. The first-order chi connectivity index (χ1) is 23.7. The summed E-state index contributed by atoms with van der Waals surface area (Å²) >= 11 is 13.6. The van der Waals surface area contributed by atoms with Crippen LogP contribution < -0.4 is 14.3 Å². The van der Waals surface area contributed by atoms with Gasteiger partial charge in [0.1, 0.15) is 25.9 Å². The molecular weight excluding hydrogens is 693 g/mol. The third-order valence-corrected chi connectivity index (χ3v) is 14.0. The maximum atomic E-state index is 15.7. The number of para-hydroxylation sites is 1. The molecule has 258 valence electrons. The van der Waals surface area contributed by atoms with Crippen molar-refractivity contribution in [3.8, 4) is 16.9 Å². The van der Waals surface area contributed by atoms with Gasteiger partial charge >= 0.3 is 5.97 Å². The largest absolute Gasteiger partial charge is 0.478 e. The van der Waals surface area contributed by atoms with E-state index in [4.69, 9.17) is 37.4 Å². The highest BCUT2D eigenvalue weighted by atomic mass is 35.5. The Hall–Kier alpha value is -3.18. The molecule has 5 aliphatic heterocycles. The van der Waals surface area contributed by atoms with Crippen molar-refractivity contribution in [3.05, 3.63) is 75.0 Å². The summed E-state index contributed by atoms with van der Waals surface area (Å²) < 4.78 is 35.3. The van der Waals surface area contributed by atoms with E-state index in [0.717, 1.165) is 50.6 Å². The fraction of sp³-hybridized carbons (Fsp3) is 0.429. The molecular formula is C35H37Cl2FN4O6P+. The fourth-order valence-electron chi connectivity index (χ4n) is 8.17. The smallest absolute Gasteiger partial charge is 0.337 e. The first-order valence-electron chi connectivity index (χ1n) is 16.5. The Bertz CT molecular complexity index is 1800. The lowest BCUT2D eigenvalue weighted by Gasteiger charge is -2.37. The monoisotopic (exact) mass is 729 g/mol. The molecule has 0 radical (unpaired) electrons. The number of aromatic carboxylic acids is 1. The van der Waals surface area contributed by atoms with Crippen molar-refractivity contribution < 1.29 is 33.3 Å². The van der Waals surface area contributed by atoms with E-state index in [1.807, 2.05) is 18.2 Å². The number of carboxylic acids is 1. The molecule has 10 nitrogen and oxygen atoms in total. The molecule has 14 heteroatoms. The topological polar surface area (TPSA) is 95.0 Å². The summed E-state index contributed by atoms with van der Waals surface area (Å²) in [4.78, 5) is 32.2. The molecule has 4 atom stereocenters. The minimum Gasteiger partial charge on any atom is -0.478 e. The van der Waals surface area contributed by atoms with Crippen molar-refractivity contribution in [2.45, 2.75) is 37.5 Å². The number of ether oxygens (including phenoxy) is 3. The van der Waals surface area contributed by atoms with Crippen LogP contribution in [0.15, 0.2) is 42.5 Å². The maximum absolute atomic E-state index is 15.7. The van der Waals surface area contributed by atoms with Gasteiger partial charge in [-0.1, -0.05) is 41.4 Å². The number of nitrogens with zero attached hydrogens (tertiary/aromatic N) is 4. The Labute approximate surface area is 295 Å². The predicted molar refractivity (Wildman–Crippen MR) is 188 cm³/mol. The molecule has 4 bridgehead atoms. The van der Waals surface area contributed by atoms with Crippen LogP contribution in [0.25, 0.3) is 11.1 Å². The van der Waals surface area contributed by atoms with E-state index in [1.54, 1.807) is 25.3 Å². The number of hydrogen-bond acceptors (Lipinski definition) is 8. The van der Waals surface area contributed by atoms with Crippen LogP contribution in [0.5, 0.6) is 5.75 Å². The second-order valence-electron chi connectivity index (χ2n) is 13.3. The SMILES string of the molecule is COCCN1C[PH+]2CC1CN2c1cc(Cl)c(C(=O)N2COc3c(cccc3-c3cc(N4C5CCC4COC5)c(C(=O)O)cc3F)C2)c(Cl)c1. The molecule has 4 saturated heterocycles. The van der Waals surface area contributed by atoms with E-state index in [0.29, 0.717) is 51.9 Å². The predicted octanol–water partition coefficient (Wildman–Crippen LogP) is 6.09. The number of carbonyl (C=O) groups excluding carboxylic acids is 1. The summed E-state index contributed by atoms with van der Waals surface area (Å²) in [5, 5.41) is 10.6. The Balaban J connectivity index is 1.04. The number of amides is 1. The summed E-state index contributed by atoms with van der Waals surface area (Å²) in [6.07, 6.45) is 3.98. The fourth-order valence-corrected chi connectivity index (χ4v) is 12.1. The van der Waals surface area contributed by atoms with Gasteiger partial charge in [-0.3, -0.25) is 9.69 Å². The average molecular weight is 731 g/mol. The first kappa shape index (κ1) is 33.0. The van der Waals surface area contributed by atoms with E-state index in [-0.39, 0.29) is 48.0 Å². The zero-order valence-electron chi connectivity index (χ0n) is 27.0. The molecule has 8 rings (SSSR count). The Morgan fingerprint density at radius 2 is 1.82 bits per heavy atom. The number of rotatable bonds is 8. The number of fused-ring (bicyclic) bond motifs is 5. The van der Waals surface area contributed by atoms with E-state index in [2.05, 4.69) is 14.5 Å².